The Bertz CT molecular complexity index is 872. The molecule has 0 spiro atoms. The molecule has 7 heteroatoms. The lowest BCUT2D eigenvalue weighted by molar-refractivity contribution is 0.0429. The maximum absolute atomic E-state index is 12.0. The zero-order valence-electron chi connectivity index (χ0n) is 13.3. The Kier molecular flexibility index (Phi) is 4.84. The zero-order valence-corrected chi connectivity index (χ0v) is 13.3. The minimum absolute atomic E-state index is 0.141. The monoisotopic (exact) mass is 338 g/mol. The highest BCUT2D eigenvalue weighted by Crippen LogP contribution is 2.15. The van der Waals surface area contributed by atoms with E-state index in [2.05, 4.69) is 14.9 Å². The van der Waals surface area contributed by atoms with E-state index in [-0.39, 0.29) is 12.5 Å². The van der Waals surface area contributed by atoms with Crippen LogP contribution in [0.15, 0.2) is 59.1 Å². The van der Waals surface area contributed by atoms with Crippen LogP contribution in [-0.4, -0.2) is 29.2 Å². The Morgan fingerprint density at radius 2 is 1.60 bits per heavy atom. The third-order valence-electron chi connectivity index (χ3n) is 3.37. The van der Waals surface area contributed by atoms with Crippen LogP contribution in [0.1, 0.15) is 26.6 Å². The van der Waals surface area contributed by atoms with Gasteiger partial charge in [-0.1, -0.05) is 35.5 Å². The van der Waals surface area contributed by atoms with Crippen LogP contribution < -0.4 is 0 Å². The van der Waals surface area contributed by atoms with Crippen LogP contribution in [0, 0.1) is 0 Å². The largest absolute Gasteiger partial charge is 0.465 e. The van der Waals surface area contributed by atoms with Crippen LogP contribution in [0.4, 0.5) is 0 Å². The van der Waals surface area contributed by atoms with Gasteiger partial charge in [-0.3, -0.25) is 0 Å². The van der Waals surface area contributed by atoms with Crippen molar-refractivity contribution in [2.75, 3.05) is 7.11 Å². The van der Waals surface area contributed by atoms with E-state index in [1.165, 1.54) is 31.4 Å². The van der Waals surface area contributed by atoms with Crippen LogP contribution in [0.3, 0.4) is 0 Å². The van der Waals surface area contributed by atoms with Gasteiger partial charge in [0.1, 0.15) is 0 Å². The van der Waals surface area contributed by atoms with Gasteiger partial charge >= 0.3 is 11.9 Å². The molecule has 0 saturated heterocycles. The molecule has 0 bridgehead atoms. The molecule has 7 nitrogen and oxygen atoms in total. The topological polar surface area (TPSA) is 91.5 Å². The molecule has 1 aromatic heterocycles. The standard InChI is InChI=1S/C18H14N2O5/c1-23-17(21)13-7-9-14(10-8-13)18(22)24-11-15-19-16(20-25-15)12-5-3-2-4-6-12/h2-10H,11H2,1H3. The normalized spacial score (nSPS) is 10.3. The smallest absolute Gasteiger partial charge is 0.338 e. The van der Waals surface area contributed by atoms with Crippen molar-refractivity contribution < 1.29 is 23.6 Å². The zero-order chi connectivity index (χ0) is 17.6. The highest BCUT2D eigenvalue weighted by molar-refractivity contribution is 5.93. The number of hydrogen-bond acceptors (Lipinski definition) is 7. The van der Waals surface area contributed by atoms with Gasteiger partial charge < -0.3 is 14.0 Å². The minimum Gasteiger partial charge on any atom is -0.465 e. The van der Waals surface area contributed by atoms with Crippen molar-refractivity contribution in [3.63, 3.8) is 0 Å². The first-order valence-corrected chi connectivity index (χ1v) is 7.41. The molecule has 0 N–H and O–H groups in total. The summed E-state index contributed by atoms with van der Waals surface area (Å²) in [6.45, 7) is -0.141. The minimum atomic E-state index is -0.559. The summed E-state index contributed by atoms with van der Waals surface area (Å²) in [5.74, 6) is -0.414. The fourth-order valence-electron chi connectivity index (χ4n) is 2.09. The third-order valence-corrected chi connectivity index (χ3v) is 3.37. The summed E-state index contributed by atoms with van der Waals surface area (Å²) in [4.78, 5) is 27.6. The van der Waals surface area contributed by atoms with Crippen molar-refractivity contribution in [2.45, 2.75) is 6.61 Å². The lowest BCUT2D eigenvalue weighted by Gasteiger charge is -2.03. The van der Waals surface area contributed by atoms with Gasteiger partial charge in [0, 0.05) is 5.56 Å². The molecule has 0 fully saturated rings. The Labute approximate surface area is 143 Å². The summed E-state index contributed by atoms with van der Waals surface area (Å²) in [7, 11) is 1.29. The fourth-order valence-corrected chi connectivity index (χ4v) is 2.09. The van der Waals surface area contributed by atoms with Crippen LogP contribution in [0.2, 0.25) is 0 Å². The SMILES string of the molecule is COC(=O)c1ccc(C(=O)OCc2nc(-c3ccccc3)no2)cc1. The van der Waals surface area contributed by atoms with E-state index in [1.807, 2.05) is 30.3 Å². The number of methoxy groups -OCH3 is 1. The van der Waals surface area contributed by atoms with Gasteiger partial charge in [-0.2, -0.15) is 4.98 Å². The summed E-state index contributed by atoms with van der Waals surface area (Å²) in [6.07, 6.45) is 0. The van der Waals surface area contributed by atoms with E-state index >= 15 is 0 Å². The molecule has 126 valence electrons. The highest BCUT2D eigenvalue weighted by Gasteiger charge is 2.13. The first kappa shape index (κ1) is 16.4. The third kappa shape index (κ3) is 3.89. The van der Waals surface area contributed by atoms with Gasteiger partial charge in [-0.15, -0.1) is 0 Å². The molecule has 3 rings (SSSR count). The average Bonchev–Trinajstić information content (AvgIpc) is 3.15. The number of benzene rings is 2. The highest BCUT2D eigenvalue weighted by atomic mass is 16.6. The second-order valence-corrected chi connectivity index (χ2v) is 5.02. The molecule has 0 saturated carbocycles. The number of carbonyl (C=O) groups is 2. The lowest BCUT2D eigenvalue weighted by Crippen LogP contribution is -2.07. The molecule has 0 aliphatic carbocycles. The Balaban J connectivity index is 1.61. The summed E-state index contributed by atoms with van der Waals surface area (Å²) >= 11 is 0. The van der Waals surface area contributed by atoms with E-state index < -0.39 is 11.9 Å². The van der Waals surface area contributed by atoms with E-state index in [0.717, 1.165) is 5.56 Å². The molecule has 2 aromatic carbocycles. The molecule has 0 radical (unpaired) electrons. The Hall–Kier alpha value is -3.48. The molecule has 0 aliphatic rings. The fraction of sp³-hybridized carbons (Fsp3) is 0.111. The van der Waals surface area contributed by atoms with Crippen LogP contribution in [-0.2, 0) is 16.1 Å². The molecule has 0 atom stereocenters. The van der Waals surface area contributed by atoms with Crippen LogP contribution in [0.25, 0.3) is 11.4 Å². The summed E-state index contributed by atoms with van der Waals surface area (Å²) in [6, 6.07) is 15.3. The predicted octanol–water partition coefficient (Wildman–Crippen LogP) is 2.88. The van der Waals surface area contributed by atoms with E-state index in [0.29, 0.717) is 17.0 Å². The van der Waals surface area contributed by atoms with Gasteiger partial charge in [-0.05, 0) is 24.3 Å². The molecule has 0 aliphatic heterocycles. The molecule has 0 amide bonds. The Morgan fingerprint density at radius 3 is 2.24 bits per heavy atom. The number of esters is 2. The summed E-state index contributed by atoms with van der Waals surface area (Å²) in [5, 5.41) is 3.85. The second kappa shape index (κ2) is 7.39. The van der Waals surface area contributed by atoms with E-state index in [4.69, 9.17) is 9.26 Å². The Morgan fingerprint density at radius 1 is 0.960 bits per heavy atom. The quantitative estimate of drug-likeness (QED) is 0.660. The molecule has 25 heavy (non-hydrogen) atoms. The van der Waals surface area contributed by atoms with Crippen molar-refractivity contribution in [3.05, 3.63) is 71.6 Å². The predicted molar refractivity (Wildman–Crippen MR) is 86.6 cm³/mol. The van der Waals surface area contributed by atoms with E-state index in [1.54, 1.807) is 0 Å². The van der Waals surface area contributed by atoms with E-state index in [9.17, 15) is 9.59 Å². The van der Waals surface area contributed by atoms with Crippen molar-refractivity contribution in [1.29, 1.82) is 0 Å². The van der Waals surface area contributed by atoms with Gasteiger partial charge in [0.2, 0.25) is 5.82 Å². The maximum Gasteiger partial charge on any atom is 0.338 e. The molecule has 3 aromatic rings. The number of hydrogen-bond donors (Lipinski definition) is 0. The number of carbonyl (C=O) groups excluding carboxylic acids is 2. The van der Waals surface area contributed by atoms with Crippen molar-refractivity contribution >= 4 is 11.9 Å². The van der Waals surface area contributed by atoms with Crippen molar-refractivity contribution in [2.24, 2.45) is 0 Å². The maximum atomic E-state index is 12.0. The number of aromatic nitrogens is 2. The summed E-state index contributed by atoms with van der Waals surface area (Å²) in [5.41, 5.74) is 1.46. The van der Waals surface area contributed by atoms with Gasteiger partial charge in [0.05, 0.1) is 18.2 Å². The molecule has 1 heterocycles. The van der Waals surface area contributed by atoms with Gasteiger partial charge in [-0.25, -0.2) is 9.59 Å². The van der Waals surface area contributed by atoms with Crippen molar-refractivity contribution in [3.8, 4) is 11.4 Å². The second-order valence-electron chi connectivity index (χ2n) is 5.02. The van der Waals surface area contributed by atoms with Crippen LogP contribution in [0.5, 0.6) is 0 Å². The first-order chi connectivity index (χ1) is 12.2. The van der Waals surface area contributed by atoms with Gasteiger partial charge in [0.15, 0.2) is 6.61 Å². The van der Waals surface area contributed by atoms with Crippen molar-refractivity contribution in [1.82, 2.24) is 10.1 Å². The van der Waals surface area contributed by atoms with Gasteiger partial charge in [0.25, 0.3) is 5.89 Å². The van der Waals surface area contributed by atoms with Crippen LogP contribution >= 0.6 is 0 Å². The molecular weight excluding hydrogens is 324 g/mol. The molecule has 0 unspecified atom stereocenters. The lowest BCUT2D eigenvalue weighted by atomic mass is 10.1. The average molecular weight is 338 g/mol. The number of rotatable bonds is 5. The molecular formula is C18H14N2O5. The number of nitrogens with zero attached hydrogens (tertiary/aromatic N) is 2. The summed E-state index contributed by atoms with van der Waals surface area (Å²) < 4.78 is 14.8. The number of ether oxygens (including phenoxy) is 2. The first-order valence-electron chi connectivity index (χ1n) is 7.41.